The molecule has 0 spiro atoms. The van der Waals surface area contributed by atoms with E-state index in [2.05, 4.69) is 30.3 Å². The van der Waals surface area contributed by atoms with E-state index < -0.39 is 12.6 Å². The second-order valence-corrected chi connectivity index (χ2v) is 9.54. The number of aliphatic carboxylic acids is 1. The highest BCUT2D eigenvalue weighted by atomic mass is 16.5. The topological polar surface area (TPSA) is 75.4 Å². The Morgan fingerprint density at radius 3 is 2.22 bits per heavy atom. The van der Waals surface area contributed by atoms with E-state index in [1.165, 1.54) is 12.8 Å². The van der Waals surface area contributed by atoms with E-state index in [9.17, 15) is 9.90 Å². The first-order valence-electron chi connectivity index (χ1n) is 12.7. The maximum absolute atomic E-state index is 10.7. The number of carboxylic acid groups (broad SMARTS) is 1. The Bertz CT molecular complexity index is 1230. The number of ether oxygens (including phenoxy) is 1. The lowest BCUT2D eigenvalue weighted by atomic mass is 9.74. The van der Waals surface area contributed by atoms with Gasteiger partial charge in [-0.25, -0.2) is 4.98 Å². The van der Waals surface area contributed by atoms with Crippen molar-refractivity contribution < 1.29 is 19.1 Å². The Balaban J connectivity index is 1.37. The van der Waals surface area contributed by atoms with E-state index in [0.717, 1.165) is 59.7 Å². The lowest BCUT2D eigenvalue weighted by molar-refractivity contribution is -0.307. The van der Waals surface area contributed by atoms with E-state index in [-0.39, 0.29) is 0 Å². The number of hydrogen-bond acceptors (Lipinski definition) is 5. The molecule has 1 aliphatic carbocycles. The molecule has 2 atom stereocenters. The zero-order chi connectivity index (χ0) is 24.7. The molecular weight excluding hydrogens is 450 g/mol. The van der Waals surface area contributed by atoms with Crippen LogP contribution in [-0.4, -0.2) is 17.6 Å². The second-order valence-electron chi connectivity index (χ2n) is 9.54. The molecule has 0 amide bonds. The average molecular weight is 481 g/mol. The van der Waals surface area contributed by atoms with Crippen LogP contribution in [0.25, 0.3) is 22.6 Å². The fourth-order valence-corrected chi connectivity index (χ4v) is 5.28. The normalized spacial score (nSPS) is 17.6. The van der Waals surface area contributed by atoms with Crippen LogP contribution >= 0.6 is 0 Å². The van der Waals surface area contributed by atoms with Crippen LogP contribution in [0.5, 0.6) is 5.75 Å². The van der Waals surface area contributed by atoms with Crippen molar-refractivity contribution in [2.24, 2.45) is 11.8 Å². The monoisotopic (exact) mass is 480 g/mol. The van der Waals surface area contributed by atoms with E-state index in [1.807, 2.05) is 48.5 Å². The summed E-state index contributed by atoms with van der Waals surface area (Å²) in [6.45, 7) is -0.437. The van der Waals surface area contributed by atoms with Crippen LogP contribution < -0.4 is 9.84 Å². The van der Waals surface area contributed by atoms with Crippen molar-refractivity contribution in [3.63, 3.8) is 0 Å². The molecule has 4 aromatic rings. The molecule has 1 saturated carbocycles. The minimum absolute atomic E-state index is 0.437. The van der Waals surface area contributed by atoms with Crippen molar-refractivity contribution in [3.8, 4) is 28.3 Å². The molecule has 5 rings (SSSR count). The second kappa shape index (κ2) is 11.3. The number of carbonyl (C=O) groups is 1. The molecule has 0 radical (unpaired) electrons. The van der Waals surface area contributed by atoms with Crippen molar-refractivity contribution in [1.82, 2.24) is 4.98 Å². The van der Waals surface area contributed by atoms with Crippen LogP contribution in [-0.2, 0) is 17.6 Å². The van der Waals surface area contributed by atoms with Gasteiger partial charge >= 0.3 is 0 Å². The number of hydrogen-bond donors (Lipinski definition) is 0. The average Bonchev–Trinajstić information content (AvgIpc) is 3.34. The summed E-state index contributed by atoms with van der Waals surface area (Å²) >= 11 is 0. The first kappa shape index (κ1) is 23.9. The van der Waals surface area contributed by atoms with Crippen molar-refractivity contribution >= 4 is 5.97 Å². The summed E-state index contributed by atoms with van der Waals surface area (Å²) < 4.78 is 11.8. The Kier molecular flexibility index (Phi) is 7.46. The fraction of sp³-hybridized carbons (Fsp3) is 0.290. The molecule has 1 aromatic heterocycles. The first-order valence-corrected chi connectivity index (χ1v) is 12.7. The molecule has 1 aliphatic rings. The lowest BCUT2D eigenvalue weighted by Gasteiger charge is -2.31. The zero-order valence-corrected chi connectivity index (χ0v) is 20.3. The third-order valence-corrected chi connectivity index (χ3v) is 7.01. The van der Waals surface area contributed by atoms with Gasteiger partial charge in [0, 0.05) is 17.5 Å². The Morgan fingerprint density at radius 1 is 0.861 bits per heavy atom. The summed E-state index contributed by atoms with van der Waals surface area (Å²) in [7, 11) is 0. The number of nitrogens with zero attached hydrogens (tertiary/aromatic N) is 1. The molecule has 0 bridgehead atoms. The minimum Gasteiger partial charge on any atom is -0.546 e. The number of oxazole rings is 1. The molecule has 5 nitrogen and oxygen atoms in total. The summed E-state index contributed by atoms with van der Waals surface area (Å²) in [4.78, 5) is 15.7. The van der Waals surface area contributed by atoms with Gasteiger partial charge < -0.3 is 19.1 Å². The van der Waals surface area contributed by atoms with Gasteiger partial charge in [0.25, 0.3) is 0 Å². The van der Waals surface area contributed by atoms with Crippen LogP contribution in [0.2, 0.25) is 0 Å². The zero-order valence-electron chi connectivity index (χ0n) is 20.3. The van der Waals surface area contributed by atoms with Crippen molar-refractivity contribution in [2.75, 3.05) is 6.61 Å². The van der Waals surface area contributed by atoms with Gasteiger partial charge in [0.15, 0.2) is 11.7 Å². The van der Waals surface area contributed by atoms with Gasteiger partial charge in [-0.2, -0.15) is 0 Å². The molecule has 184 valence electrons. The predicted octanol–water partition coefficient (Wildman–Crippen LogP) is 5.73. The molecule has 36 heavy (non-hydrogen) atoms. The SMILES string of the molecule is O=C([O-])COc1cccc(CC2CCCCC2Cc2nc(-c3ccccc3)c(-c3ccccc3)o2)c1. The van der Waals surface area contributed by atoms with Crippen molar-refractivity contribution in [2.45, 2.75) is 38.5 Å². The lowest BCUT2D eigenvalue weighted by Crippen LogP contribution is -2.29. The van der Waals surface area contributed by atoms with Gasteiger partial charge in [0.1, 0.15) is 18.1 Å². The quantitative estimate of drug-likeness (QED) is 0.306. The highest BCUT2D eigenvalue weighted by molar-refractivity contribution is 5.76. The molecule has 0 aliphatic heterocycles. The van der Waals surface area contributed by atoms with Gasteiger partial charge in [-0.3, -0.25) is 0 Å². The number of carboxylic acids is 1. The molecular formula is C31H30NO4-. The number of carbonyl (C=O) groups excluding carboxylic acids is 1. The smallest absolute Gasteiger partial charge is 0.195 e. The third kappa shape index (κ3) is 5.85. The van der Waals surface area contributed by atoms with Gasteiger partial charge in [0.05, 0.1) is 5.97 Å². The maximum Gasteiger partial charge on any atom is 0.195 e. The third-order valence-electron chi connectivity index (χ3n) is 7.01. The van der Waals surface area contributed by atoms with Crippen molar-refractivity contribution in [1.29, 1.82) is 0 Å². The standard InChI is InChI=1S/C31H31NO4/c33-29(34)21-35-27-17-9-10-22(19-27)18-25-15-7-8-16-26(25)20-28-32-30(23-11-3-1-4-12-23)31(36-28)24-13-5-2-6-14-24/h1-6,9-14,17,19,25-26H,7-8,15-16,18,20-21H2,(H,33,34)/p-1. The number of aromatic nitrogens is 1. The first-order chi connectivity index (χ1) is 17.7. The van der Waals surface area contributed by atoms with E-state index in [4.69, 9.17) is 14.1 Å². The molecule has 0 N–H and O–H groups in total. The Hall–Kier alpha value is -3.86. The molecule has 5 heteroatoms. The molecule has 1 fully saturated rings. The Morgan fingerprint density at radius 2 is 1.53 bits per heavy atom. The largest absolute Gasteiger partial charge is 0.546 e. The van der Waals surface area contributed by atoms with Crippen LogP contribution in [0.15, 0.2) is 89.3 Å². The van der Waals surface area contributed by atoms with E-state index >= 15 is 0 Å². The van der Waals surface area contributed by atoms with Crippen LogP contribution in [0.4, 0.5) is 0 Å². The van der Waals surface area contributed by atoms with E-state index in [1.54, 1.807) is 6.07 Å². The van der Waals surface area contributed by atoms with Crippen LogP contribution in [0, 0.1) is 11.8 Å². The molecule has 0 saturated heterocycles. The van der Waals surface area contributed by atoms with Crippen LogP contribution in [0.3, 0.4) is 0 Å². The summed E-state index contributed by atoms with van der Waals surface area (Å²) in [6.07, 6.45) is 6.47. The van der Waals surface area contributed by atoms with Gasteiger partial charge in [0.2, 0.25) is 0 Å². The Labute approximate surface area is 211 Å². The number of rotatable bonds is 9. The van der Waals surface area contributed by atoms with Crippen molar-refractivity contribution in [3.05, 3.63) is 96.4 Å². The number of benzene rings is 3. The highest BCUT2D eigenvalue weighted by Gasteiger charge is 2.28. The molecule has 3 aromatic carbocycles. The maximum atomic E-state index is 10.7. The van der Waals surface area contributed by atoms with Gasteiger partial charge in [-0.1, -0.05) is 85.6 Å². The molecule has 1 heterocycles. The summed E-state index contributed by atoms with van der Waals surface area (Å²) in [5.41, 5.74) is 4.13. The highest BCUT2D eigenvalue weighted by Crippen LogP contribution is 2.38. The minimum atomic E-state index is -1.22. The van der Waals surface area contributed by atoms with E-state index in [0.29, 0.717) is 17.6 Å². The van der Waals surface area contributed by atoms with Crippen LogP contribution in [0.1, 0.15) is 37.1 Å². The summed E-state index contributed by atoms with van der Waals surface area (Å²) in [5.74, 6) is 1.93. The summed E-state index contributed by atoms with van der Waals surface area (Å²) in [6, 6.07) is 28.1. The van der Waals surface area contributed by atoms with Gasteiger partial charge in [-0.15, -0.1) is 0 Å². The van der Waals surface area contributed by atoms with Gasteiger partial charge in [-0.05, 0) is 48.8 Å². The summed E-state index contributed by atoms with van der Waals surface area (Å²) in [5, 5.41) is 10.7. The predicted molar refractivity (Wildman–Crippen MR) is 137 cm³/mol. The fourth-order valence-electron chi connectivity index (χ4n) is 5.28. The molecule has 2 unspecified atom stereocenters.